The van der Waals surface area contributed by atoms with Gasteiger partial charge in [-0.3, -0.25) is 10.2 Å². The van der Waals surface area contributed by atoms with E-state index in [0.717, 1.165) is 32.7 Å². The van der Waals surface area contributed by atoms with Crippen LogP contribution in [0.2, 0.25) is 0 Å². The van der Waals surface area contributed by atoms with Gasteiger partial charge in [0.2, 0.25) is 5.91 Å². The minimum Gasteiger partial charge on any atom is -0.359 e. The first-order valence-electron chi connectivity index (χ1n) is 5.10. The van der Waals surface area contributed by atoms with E-state index in [1.807, 2.05) is 0 Å². The van der Waals surface area contributed by atoms with Crippen molar-refractivity contribution < 1.29 is 4.79 Å². The Morgan fingerprint density at radius 2 is 1.93 bits per heavy atom. The van der Waals surface area contributed by atoms with Crippen LogP contribution in [0.1, 0.15) is 6.42 Å². The summed E-state index contributed by atoms with van der Waals surface area (Å²) in [6.45, 7) is 4.97. The smallest absolute Gasteiger partial charge is 0.221 e. The average molecular weight is 200 g/mol. The van der Waals surface area contributed by atoms with Crippen LogP contribution < -0.4 is 10.7 Å². The van der Waals surface area contributed by atoms with Gasteiger partial charge in [0.1, 0.15) is 0 Å². The maximum absolute atomic E-state index is 10.9. The summed E-state index contributed by atoms with van der Waals surface area (Å²) in [5.41, 5.74) is 3.25. The summed E-state index contributed by atoms with van der Waals surface area (Å²) in [5, 5.41) is 4.79. The quantitative estimate of drug-likeness (QED) is 0.603. The second-order valence-electron chi connectivity index (χ2n) is 3.62. The summed E-state index contributed by atoms with van der Waals surface area (Å²) >= 11 is 0. The predicted octanol–water partition coefficient (Wildman–Crippen LogP) is -1.13. The van der Waals surface area contributed by atoms with Crippen LogP contribution in [0.15, 0.2) is 0 Å². The Kier molecular flexibility index (Phi) is 4.86. The van der Waals surface area contributed by atoms with Crippen molar-refractivity contribution in [1.82, 2.24) is 20.7 Å². The Labute approximate surface area is 85.4 Å². The molecule has 1 saturated heterocycles. The Balaban J connectivity index is 2.04. The van der Waals surface area contributed by atoms with E-state index in [9.17, 15) is 4.79 Å². The third-order valence-electron chi connectivity index (χ3n) is 2.47. The molecule has 5 nitrogen and oxygen atoms in total. The molecule has 0 bridgehead atoms. The van der Waals surface area contributed by atoms with Crippen LogP contribution in [0.5, 0.6) is 0 Å². The van der Waals surface area contributed by atoms with Crippen LogP contribution in [0, 0.1) is 0 Å². The van der Waals surface area contributed by atoms with E-state index >= 15 is 0 Å². The van der Waals surface area contributed by atoms with E-state index in [4.69, 9.17) is 0 Å². The monoisotopic (exact) mass is 200 g/mol. The molecule has 1 fully saturated rings. The first-order valence-corrected chi connectivity index (χ1v) is 5.10. The molecule has 1 rings (SSSR count). The van der Waals surface area contributed by atoms with Crippen LogP contribution in [0.3, 0.4) is 0 Å². The fraction of sp³-hybridized carbons (Fsp3) is 0.889. The molecule has 0 aromatic heterocycles. The minimum absolute atomic E-state index is 0.0895. The minimum atomic E-state index is 0.0895. The molecular weight excluding hydrogens is 180 g/mol. The second kappa shape index (κ2) is 5.95. The number of carbonyl (C=O) groups excluding carboxylic acids is 1. The van der Waals surface area contributed by atoms with Gasteiger partial charge < -0.3 is 10.2 Å². The van der Waals surface area contributed by atoms with Crippen molar-refractivity contribution in [2.75, 3.05) is 46.8 Å². The van der Waals surface area contributed by atoms with Gasteiger partial charge in [-0.1, -0.05) is 0 Å². The Bertz CT molecular complexity index is 178. The van der Waals surface area contributed by atoms with Crippen molar-refractivity contribution in [1.29, 1.82) is 0 Å². The lowest BCUT2D eigenvalue weighted by Gasteiger charge is -2.32. The molecule has 0 aromatic carbocycles. The van der Waals surface area contributed by atoms with Gasteiger partial charge in [-0.25, -0.2) is 5.01 Å². The molecule has 0 spiro atoms. The summed E-state index contributed by atoms with van der Waals surface area (Å²) in [6, 6.07) is 0. The zero-order valence-electron chi connectivity index (χ0n) is 9.05. The molecule has 0 radical (unpaired) electrons. The molecule has 1 heterocycles. The molecule has 1 aliphatic rings. The summed E-state index contributed by atoms with van der Waals surface area (Å²) in [7, 11) is 3.79. The molecule has 5 heteroatoms. The lowest BCUT2D eigenvalue weighted by Crippen LogP contribution is -2.51. The third kappa shape index (κ3) is 4.04. The summed E-state index contributed by atoms with van der Waals surface area (Å²) in [6.07, 6.45) is 0.544. The van der Waals surface area contributed by atoms with Crippen molar-refractivity contribution in [3.8, 4) is 0 Å². The van der Waals surface area contributed by atoms with Gasteiger partial charge in [0, 0.05) is 46.2 Å². The molecule has 2 N–H and O–H groups in total. The van der Waals surface area contributed by atoms with Gasteiger partial charge in [0.25, 0.3) is 0 Å². The third-order valence-corrected chi connectivity index (χ3v) is 2.47. The molecule has 0 aliphatic carbocycles. The number of hydrogen-bond acceptors (Lipinski definition) is 4. The number of rotatable bonds is 4. The number of hydrogen-bond donors (Lipinski definition) is 2. The molecule has 0 atom stereocenters. The molecule has 14 heavy (non-hydrogen) atoms. The summed E-state index contributed by atoms with van der Waals surface area (Å²) in [5.74, 6) is 0.0895. The van der Waals surface area contributed by atoms with Crippen LogP contribution >= 0.6 is 0 Å². The molecule has 82 valence electrons. The van der Waals surface area contributed by atoms with Crippen LogP contribution in [0.4, 0.5) is 0 Å². The standard InChI is InChI=1S/C9H20N4O/c1-10-9(14)3-4-11-13-7-5-12(2)6-8-13/h11H,3-8H2,1-2H3,(H,10,14). The van der Waals surface area contributed by atoms with Crippen molar-refractivity contribution in [3.05, 3.63) is 0 Å². The Hall–Kier alpha value is -0.650. The van der Waals surface area contributed by atoms with E-state index in [0.29, 0.717) is 6.42 Å². The van der Waals surface area contributed by atoms with Crippen molar-refractivity contribution in [3.63, 3.8) is 0 Å². The van der Waals surface area contributed by atoms with Crippen LogP contribution in [-0.2, 0) is 4.79 Å². The molecule has 0 unspecified atom stereocenters. The predicted molar refractivity (Wildman–Crippen MR) is 55.8 cm³/mol. The molecule has 1 aliphatic heterocycles. The van der Waals surface area contributed by atoms with Gasteiger partial charge in [0.05, 0.1) is 0 Å². The Morgan fingerprint density at radius 3 is 2.50 bits per heavy atom. The van der Waals surface area contributed by atoms with E-state index in [1.165, 1.54) is 0 Å². The number of nitrogens with one attached hydrogen (secondary N) is 2. The highest BCUT2D eigenvalue weighted by atomic mass is 16.1. The zero-order valence-corrected chi connectivity index (χ0v) is 9.05. The number of nitrogens with zero attached hydrogens (tertiary/aromatic N) is 2. The van der Waals surface area contributed by atoms with Gasteiger partial charge >= 0.3 is 0 Å². The van der Waals surface area contributed by atoms with E-state index in [1.54, 1.807) is 7.05 Å². The average Bonchev–Trinajstić information content (AvgIpc) is 2.21. The number of hydrazine groups is 1. The number of piperazine rings is 1. The van der Waals surface area contributed by atoms with Gasteiger partial charge in [-0.05, 0) is 7.05 Å². The van der Waals surface area contributed by atoms with E-state index in [-0.39, 0.29) is 5.91 Å². The summed E-state index contributed by atoms with van der Waals surface area (Å²) < 4.78 is 0. The van der Waals surface area contributed by atoms with Gasteiger partial charge in [0.15, 0.2) is 0 Å². The largest absolute Gasteiger partial charge is 0.359 e. The first kappa shape index (κ1) is 11.4. The maximum atomic E-state index is 10.9. The highest BCUT2D eigenvalue weighted by Crippen LogP contribution is 1.95. The van der Waals surface area contributed by atoms with Crippen molar-refractivity contribution in [2.24, 2.45) is 0 Å². The van der Waals surface area contributed by atoms with Gasteiger partial charge in [-0.2, -0.15) is 0 Å². The number of amides is 1. The van der Waals surface area contributed by atoms with Crippen LogP contribution in [-0.4, -0.2) is 62.6 Å². The summed E-state index contributed by atoms with van der Waals surface area (Å²) in [4.78, 5) is 13.2. The highest BCUT2D eigenvalue weighted by Gasteiger charge is 2.12. The SMILES string of the molecule is CNC(=O)CCNN1CCN(C)CC1. The van der Waals surface area contributed by atoms with E-state index in [2.05, 4.69) is 27.7 Å². The van der Waals surface area contributed by atoms with E-state index < -0.39 is 0 Å². The topological polar surface area (TPSA) is 47.6 Å². The zero-order chi connectivity index (χ0) is 10.4. The molecule has 0 saturated carbocycles. The molecule has 1 amide bonds. The van der Waals surface area contributed by atoms with Crippen molar-refractivity contribution >= 4 is 5.91 Å². The lowest BCUT2D eigenvalue weighted by molar-refractivity contribution is -0.120. The first-order chi connectivity index (χ1) is 6.72. The van der Waals surface area contributed by atoms with Gasteiger partial charge in [-0.15, -0.1) is 0 Å². The number of carbonyl (C=O) groups is 1. The molecule has 0 aromatic rings. The van der Waals surface area contributed by atoms with Crippen LogP contribution in [0.25, 0.3) is 0 Å². The normalized spacial score (nSPS) is 19.6. The molecular formula is C9H20N4O. The lowest BCUT2D eigenvalue weighted by atomic mass is 10.4. The highest BCUT2D eigenvalue weighted by molar-refractivity contribution is 5.75. The van der Waals surface area contributed by atoms with Crippen molar-refractivity contribution in [2.45, 2.75) is 6.42 Å². The maximum Gasteiger partial charge on any atom is 0.221 e. The fourth-order valence-electron chi connectivity index (χ4n) is 1.42. The second-order valence-corrected chi connectivity index (χ2v) is 3.62. The number of likely N-dealkylation sites (N-methyl/N-ethyl adjacent to an activating group) is 1. The Morgan fingerprint density at radius 1 is 1.29 bits per heavy atom. The fourth-order valence-corrected chi connectivity index (χ4v) is 1.42.